The lowest BCUT2D eigenvalue weighted by atomic mass is 10.1. The molecule has 0 aliphatic heterocycles. The standard InChI is InChI=1S/C13H14N2O2S2/c1-3-9(2)6-7-17-13(16)12-11(14-15-19-12)10-5-4-8-18-10/h3-5,8-9H,1,6-7H2,2H3/t9-/m1/s1. The number of thiophene rings is 1. The highest BCUT2D eigenvalue weighted by molar-refractivity contribution is 7.14. The number of rotatable bonds is 6. The fraction of sp³-hybridized carbons (Fsp3) is 0.308. The maximum absolute atomic E-state index is 12.0. The van der Waals surface area contributed by atoms with E-state index in [9.17, 15) is 4.79 Å². The molecule has 1 atom stereocenters. The Morgan fingerprint density at radius 1 is 1.63 bits per heavy atom. The van der Waals surface area contributed by atoms with Crippen LogP contribution in [0.5, 0.6) is 0 Å². The van der Waals surface area contributed by atoms with Crippen LogP contribution in [0.15, 0.2) is 30.2 Å². The molecular formula is C13H14N2O2S2. The van der Waals surface area contributed by atoms with Gasteiger partial charge in [-0.1, -0.05) is 23.6 Å². The average molecular weight is 294 g/mol. The molecule has 2 aromatic rings. The minimum absolute atomic E-state index is 0.337. The number of carbonyl (C=O) groups is 1. The number of allylic oxidation sites excluding steroid dienone is 1. The number of esters is 1. The third-order valence-electron chi connectivity index (χ3n) is 2.64. The third kappa shape index (κ3) is 3.48. The number of hydrogen-bond acceptors (Lipinski definition) is 6. The van der Waals surface area contributed by atoms with Crippen LogP contribution in [0.1, 0.15) is 23.0 Å². The van der Waals surface area contributed by atoms with Crippen molar-refractivity contribution in [3.05, 3.63) is 35.0 Å². The molecule has 0 saturated carbocycles. The topological polar surface area (TPSA) is 52.1 Å². The summed E-state index contributed by atoms with van der Waals surface area (Å²) in [5, 5.41) is 5.94. The lowest BCUT2D eigenvalue weighted by Gasteiger charge is -2.06. The van der Waals surface area contributed by atoms with Gasteiger partial charge in [-0.3, -0.25) is 0 Å². The smallest absolute Gasteiger partial charge is 0.352 e. The minimum Gasteiger partial charge on any atom is -0.461 e. The van der Waals surface area contributed by atoms with Crippen molar-refractivity contribution in [1.29, 1.82) is 0 Å². The van der Waals surface area contributed by atoms with Crippen molar-refractivity contribution in [1.82, 2.24) is 9.59 Å². The van der Waals surface area contributed by atoms with Crippen LogP contribution in [-0.4, -0.2) is 22.2 Å². The second-order valence-electron chi connectivity index (χ2n) is 4.07. The zero-order valence-electron chi connectivity index (χ0n) is 10.5. The minimum atomic E-state index is -0.352. The monoisotopic (exact) mass is 294 g/mol. The number of hydrogen-bond donors (Lipinski definition) is 0. The van der Waals surface area contributed by atoms with Crippen LogP contribution in [0, 0.1) is 5.92 Å². The predicted molar refractivity (Wildman–Crippen MR) is 77.5 cm³/mol. The summed E-state index contributed by atoms with van der Waals surface area (Å²) in [4.78, 5) is 13.4. The highest BCUT2D eigenvalue weighted by Gasteiger charge is 2.19. The quantitative estimate of drug-likeness (QED) is 0.603. The number of carbonyl (C=O) groups excluding carboxylic acids is 1. The van der Waals surface area contributed by atoms with Crippen molar-refractivity contribution in [3.8, 4) is 10.6 Å². The summed E-state index contributed by atoms with van der Waals surface area (Å²) in [6.07, 6.45) is 2.62. The second kappa shape index (κ2) is 6.58. The molecule has 0 radical (unpaired) electrons. The SMILES string of the molecule is C=C[C@@H](C)CCOC(=O)c1snnc1-c1cccs1. The summed E-state index contributed by atoms with van der Waals surface area (Å²) >= 11 is 2.60. The molecule has 0 aliphatic carbocycles. The maximum atomic E-state index is 12.0. The lowest BCUT2D eigenvalue weighted by Crippen LogP contribution is -2.07. The van der Waals surface area contributed by atoms with Crippen molar-refractivity contribution in [3.63, 3.8) is 0 Å². The van der Waals surface area contributed by atoms with E-state index >= 15 is 0 Å². The molecule has 0 unspecified atom stereocenters. The van der Waals surface area contributed by atoms with Crippen LogP contribution in [0.3, 0.4) is 0 Å². The third-order valence-corrected chi connectivity index (χ3v) is 4.22. The first-order valence-corrected chi connectivity index (χ1v) is 7.53. The lowest BCUT2D eigenvalue weighted by molar-refractivity contribution is 0.0498. The van der Waals surface area contributed by atoms with Crippen molar-refractivity contribution < 1.29 is 9.53 Å². The van der Waals surface area contributed by atoms with Gasteiger partial charge in [-0.05, 0) is 35.3 Å². The van der Waals surface area contributed by atoms with Gasteiger partial charge in [0, 0.05) is 0 Å². The number of nitrogens with zero attached hydrogens (tertiary/aromatic N) is 2. The van der Waals surface area contributed by atoms with Gasteiger partial charge in [0.2, 0.25) is 0 Å². The van der Waals surface area contributed by atoms with Crippen LogP contribution in [-0.2, 0) is 4.74 Å². The summed E-state index contributed by atoms with van der Waals surface area (Å²) in [6.45, 7) is 6.12. The normalized spacial score (nSPS) is 12.1. The van der Waals surface area contributed by atoms with Crippen molar-refractivity contribution >= 4 is 28.8 Å². The molecule has 0 aromatic carbocycles. The molecule has 0 amide bonds. The van der Waals surface area contributed by atoms with Gasteiger partial charge in [-0.15, -0.1) is 23.0 Å². The highest BCUT2D eigenvalue weighted by atomic mass is 32.1. The molecule has 0 aliphatic rings. The molecule has 19 heavy (non-hydrogen) atoms. The summed E-state index contributed by atoms with van der Waals surface area (Å²) in [7, 11) is 0. The Labute approximate surface area is 119 Å². The van der Waals surface area contributed by atoms with Crippen LogP contribution < -0.4 is 0 Å². The first-order valence-electron chi connectivity index (χ1n) is 5.88. The maximum Gasteiger partial charge on any atom is 0.352 e. The number of ether oxygens (including phenoxy) is 1. The van der Waals surface area contributed by atoms with Crippen molar-refractivity contribution in [2.45, 2.75) is 13.3 Å². The average Bonchev–Trinajstić information content (AvgIpc) is 3.08. The van der Waals surface area contributed by atoms with Gasteiger partial charge in [-0.25, -0.2) is 4.79 Å². The molecule has 0 bridgehead atoms. The van der Waals surface area contributed by atoms with E-state index in [0.29, 0.717) is 23.1 Å². The van der Waals surface area contributed by atoms with Gasteiger partial charge >= 0.3 is 5.97 Å². The van der Waals surface area contributed by atoms with Crippen molar-refractivity contribution in [2.24, 2.45) is 5.92 Å². The molecule has 4 nitrogen and oxygen atoms in total. The first-order chi connectivity index (χ1) is 9.22. The molecule has 0 fully saturated rings. The Balaban J connectivity index is 2.00. The fourth-order valence-corrected chi connectivity index (χ4v) is 2.77. The van der Waals surface area contributed by atoms with Crippen LogP contribution in [0.2, 0.25) is 0 Å². The van der Waals surface area contributed by atoms with E-state index < -0.39 is 0 Å². The molecule has 6 heteroatoms. The first kappa shape index (κ1) is 13.9. The molecule has 2 aromatic heterocycles. The zero-order valence-corrected chi connectivity index (χ0v) is 12.2. The van der Waals surface area contributed by atoms with Gasteiger partial charge in [0.15, 0.2) is 4.88 Å². The Kier molecular flexibility index (Phi) is 4.81. The Morgan fingerprint density at radius 3 is 3.16 bits per heavy atom. The second-order valence-corrected chi connectivity index (χ2v) is 5.77. The van der Waals surface area contributed by atoms with Gasteiger partial charge < -0.3 is 4.74 Å². The van der Waals surface area contributed by atoms with E-state index in [1.54, 1.807) is 0 Å². The summed E-state index contributed by atoms with van der Waals surface area (Å²) in [5.41, 5.74) is 0.613. The predicted octanol–water partition coefficient (Wildman–Crippen LogP) is 3.64. The van der Waals surface area contributed by atoms with Gasteiger partial charge in [0.05, 0.1) is 11.5 Å². The van der Waals surface area contributed by atoms with E-state index in [4.69, 9.17) is 4.74 Å². The molecule has 0 N–H and O–H groups in total. The highest BCUT2D eigenvalue weighted by Crippen LogP contribution is 2.28. The fourth-order valence-electron chi connectivity index (χ4n) is 1.42. The molecule has 100 valence electrons. The Hall–Kier alpha value is -1.53. The Bertz CT molecular complexity index is 549. The Morgan fingerprint density at radius 2 is 2.47 bits per heavy atom. The van der Waals surface area contributed by atoms with E-state index in [0.717, 1.165) is 22.8 Å². The van der Waals surface area contributed by atoms with E-state index in [2.05, 4.69) is 16.2 Å². The summed E-state index contributed by atoms with van der Waals surface area (Å²) in [5.74, 6) is -0.0150. The van der Waals surface area contributed by atoms with Crippen molar-refractivity contribution in [2.75, 3.05) is 6.61 Å². The molecule has 2 rings (SSSR count). The van der Waals surface area contributed by atoms with Crippen LogP contribution >= 0.6 is 22.9 Å². The molecule has 0 spiro atoms. The molecule has 2 heterocycles. The molecular weight excluding hydrogens is 280 g/mol. The van der Waals surface area contributed by atoms with Gasteiger partial charge in [0.25, 0.3) is 0 Å². The number of aromatic nitrogens is 2. The summed E-state index contributed by atoms with van der Waals surface area (Å²) in [6, 6.07) is 3.83. The zero-order chi connectivity index (χ0) is 13.7. The van der Waals surface area contributed by atoms with E-state index in [-0.39, 0.29) is 5.97 Å². The van der Waals surface area contributed by atoms with Crippen LogP contribution in [0.4, 0.5) is 0 Å². The van der Waals surface area contributed by atoms with Gasteiger partial charge in [0.1, 0.15) is 5.69 Å². The summed E-state index contributed by atoms with van der Waals surface area (Å²) < 4.78 is 9.09. The van der Waals surface area contributed by atoms with Crippen LogP contribution in [0.25, 0.3) is 10.6 Å². The molecule has 0 saturated heterocycles. The van der Waals surface area contributed by atoms with E-state index in [1.807, 2.05) is 30.5 Å². The van der Waals surface area contributed by atoms with Gasteiger partial charge in [-0.2, -0.15) is 0 Å². The largest absolute Gasteiger partial charge is 0.461 e. The van der Waals surface area contributed by atoms with E-state index in [1.165, 1.54) is 11.3 Å².